The van der Waals surface area contributed by atoms with Gasteiger partial charge in [0, 0.05) is 23.0 Å². The molecule has 2 aromatic heterocycles. The Bertz CT molecular complexity index is 1750. The summed E-state index contributed by atoms with van der Waals surface area (Å²) in [5, 5.41) is 10.8. The average molecular weight is 465 g/mol. The molecule has 0 amide bonds. The number of para-hydroxylation sites is 2. The summed E-state index contributed by atoms with van der Waals surface area (Å²) in [4.78, 5) is 13.0. The minimum Gasteiger partial charge on any atom is -0.509 e. The Kier molecular flexibility index (Phi) is 5.25. The van der Waals surface area contributed by atoms with E-state index in [4.69, 9.17) is 11.6 Å². The first-order chi connectivity index (χ1) is 17.7. The summed E-state index contributed by atoms with van der Waals surface area (Å²) in [5.41, 5.74) is 7.57. The zero-order valence-electron chi connectivity index (χ0n) is 19.2. The van der Waals surface area contributed by atoms with Crippen molar-refractivity contribution in [2.45, 2.75) is 0 Å². The Morgan fingerprint density at radius 1 is 0.722 bits per heavy atom. The molecule has 0 aliphatic heterocycles. The number of nitrogens with zero attached hydrogens (tertiary/aromatic N) is 4. The molecule has 0 unspecified atom stereocenters. The third kappa shape index (κ3) is 3.67. The number of phenols is 1. The van der Waals surface area contributed by atoms with Gasteiger partial charge in [0.2, 0.25) is 0 Å². The fraction of sp³-hybridized carbons (Fsp3) is 0. The second-order valence-electron chi connectivity index (χ2n) is 8.39. The number of fused-ring (bicyclic) bond motifs is 1. The van der Waals surface area contributed by atoms with Gasteiger partial charge >= 0.3 is 0 Å². The van der Waals surface area contributed by atoms with Gasteiger partial charge in [0.15, 0.2) is 5.69 Å². The first-order valence-electron chi connectivity index (χ1n) is 11.5. The van der Waals surface area contributed by atoms with E-state index in [2.05, 4.69) is 34.1 Å². The molecular weight excluding hydrogens is 444 g/mol. The molecule has 36 heavy (non-hydrogen) atoms. The maximum Gasteiger partial charge on any atom is 0.190 e. The zero-order chi connectivity index (χ0) is 24.5. The van der Waals surface area contributed by atoms with E-state index in [0.717, 1.165) is 39.1 Å². The molecule has 5 nitrogen and oxygen atoms in total. The van der Waals surface area contributed by atoms with Gasteiger partial charge in [-0.3, -0.25) is 9.55 Å². The van der Waals surface area contributed by atoms with Gasteiger partial charge in [-0.15, -0.1) is 0 Å². The van der Waals surface area contributed by atoms with E-state index in [1.165, 1.54) is 6.07 Å². The standard InChI is InChI=1S/C31H20N4O/c1-32-23-16-17-26(29(36)20-23)31-34-30-25(13-8-15-28(30)35(31)24-11-3-2-4-12-24)21-9-7-10-22(19-21)27-14-5-6-18-33-27/h2-20,36H. The highest BCUT2D eigenvalue weighted by Gasteiger charge is 2.19. The van der Waals surface area contributed by atoms with Crippen LogP contribution in [0.1, 0.15) is 0 Å². The molecule has 0 atom stereocenters. The molecule has 0 fully saturated rings. The molecule has 6 aromatic rings. The largest absolute Gasteiger partial charge is 0.509 e. The molecule has 0 saturated carbocycles. The van der Waals surface area contributed by atoms with Crippen molar-refractivity contribution >= 4 is 16.7 Å². The fourth-order valence-corrected chi connectivity index (χ4v) is 4.51. The summed E-state index contributed by atoms with van der Waals surface area (Å²) < 4.78 is 2.05. The highest BCUT2D eigenvalue weighted by Crippen LogP contribution is 2.38. The van der Waals surface area contributed by atoms with Gasteiger partial charge in [0.1, 0.15) is 11.6 Å². The van der Waals surface area contributed by atoms with Crippen molar-refractivity contribution in [3.8, 4) is 45.2 Å². The van der Waals surface area contributed by atoms with E-state index in [0.29, 0.717) is 17.1 Å². The number of aromatic hydroxyl groups is 1. The van der Waals surface area contributed by atoms with E-state index >= 15 is 0 Å². The van der Waals surface area contributed by atoms with E-state index in [1.54, 1.807) is 18.3 Å². The number of rotatable bonds is 4. The second kappa shape index (κ2) is 8.86. The molecule has 4 aromatic carbocycles. The number of hydrogen-bond acceptors (Lipinski definition) is 3. The molecule has 6 rings (SSSR count). The number of phenolic OH excluding ortho intramolecular Hbond substituents is 1. The summed E-state index contributed by atoms with van der Waals surface area (Å²) in [6, 6.07) is 35.2. The molecule has 0 spiro atoms. The molecule has 170 valence electrons. The van der Waals surface area contributed by atoms with E-state index in [1.807, 2.05) is 71.3 Å². The lowest BCUT2D eigenvalue weighted by Gasteiger charge is -2.11. The lowest BCUT2D eigenvalue weighted by molar-refractivity contribution is 0.477. The van der Waals surface area contributed by atoms with Crippen molar-refractivity contribution in [1.29, 1.82) is 0 Å². The van der Waals surface area contributed by atoms with Gasteiger partial charge in [0.25, 0.3) is 0 Å². The van der Waals surface area contributed by atoms with Crippen molar-refractivity contribution in [3.63, 3.8) is 0 Å². The van der Waals surface area contributed by atoms with Gasteiger partial charge in [-0.25, -0.2) is 9.83 Å². The van der Waals surface area contributed by atoms with Crippen LogP contribution in [-0.2, 0) is 0 Å². The highest BCUT2D eigenvalue weighted by atomic mass is 16.3. The minimum absolute atomic E-state index is 0.0229. The van der Waals surface area contributed by atoms with Crippen molar-refractivity contribution in [1.82, 2.24) is 14.5 Å². The number of pyridine rings is 1. The first-order valence-corrected chi connectivity index (χ1v) is 11.5. The molecular formula is C31H20N4O. The Morgan fingerprint density at radius 3 is 2.31 bits per heavy atom. The van der Waals surface area contributed by atoms with Crippen LogP contribution in [0.15, 0.2) is 115 Å². The van der Waals surface area contributed by atoms with Crippen LogP contribution in [0.5, 0.6) is 5.75 Å². The number of imidazole rings is 1. The Hall–Kier alpha value is -5.21. The van der Waals surface area contributed by atoms with Crippen LogP contribution in [-0.4, -0.2) is 19.6 Å². The first kappa shape index (κ1) is 21.3. The highest BCUT2D eigenvalue weighted by molar-refractivity contribution is 5.96. The Balaban J connectivity index is 1.61. The quantitative estimate of drug-likeness (QED) is 0.272. The molecule has 1 N–H and O–H groups in total. The smallest absolute Gasteiger partial charge is 0.190 e. The van der Waals surface area contributed by atoms with Gasteiger partial charge < -0.3 is 5.11 Å². The lowest BCUT2D eigenvalue weighted by Crippen LogP contribution is -1.97. The van der Waals surface area contributed by atoms with Crippen molar-refractivity contribution in [2.24, 2.45) is 0 Å². The molecule has 0 saturated heterocycles. The van der Waals surface area contributed by atoms with Crippen LogP contribution in [0, 0.1) is 6.57 Å². The van der Waals surface area contributed by atoms with Gasteiger partial charge in [-0.1, -0.05) is 66.7 Å². The average Bonchev–Trinajstić information content (AvgIpc) is 3.33. The topological polar surface area (TPSA) is 55.3 Å². The number of aromatic nitrogens is 3. The summed E-state index contributed by atoms with van der Waals surface area (Å²) in [7, 11) is 0. The Morgan fingerprint density at radius 2 is 1.53 bits per heavy atom. The number of hydrogen-bond donors (Lipinski definition) is 1. The van der Waals surface area contributed by atoms with Crippen molar-refractivity contribution < 1.29 is 5.11 Å². The van der Waals surface area contributed by atoms with Crippen molar-refractivity contribution in [3.05, 3.63) is 127 Å². The van der Waals surface area contributed by atoms with Gasteiger partial charge in [-0.2, -0.15) is 0 Å². The maximum atomic E-state index is 10.8. The van der Waals surface area contributed by atoms with Gasteiger partial charge in [-0.05, 0) is 48.0 Å². The number of benzene rings is 4. The third-order valence-electron chi connectivity index (χ3n) is 6.19. The Labute approximate surface area is 208 Å². The van der Waals surface area contributed by atoms with Gasteiger partial charge in [0.05, 0.1) is 28.9 Å². The summed E-state index contributed by atoms with van der Waals surface area (Å²) in [5.74, 6) is 0.633. The van der Waals surface area contributed by atoms with Crippen molar-refractivity contribution in [2.75, 3.05) is 0 Å². The molecule has 0 aliphatic rings. The minimum atomic E-state index is 0.0229. The predicted molar refractivity (Wildman–Crippen MR) is 143 cm³/mol. The van der Waals surface area contributed by atoms with E-state index < -0.39 is 0 Å². The monoisotopic (exact) mass is 464 g/mol. The van der Waals surface area contributed by atoms with Crippen LogP contribution in [0.3, 0.4) is 0 Å². The maximum absolute atomic E-state index is 10.8. The summed E-state index contributed by atoms with van der Waals surface area (Å²) in [6.07, 6.45) is 1.79. The molecule has 5 heteroatoms. The van der Waals surface area contributed by atoms with Crippen LogP contribution in [0.4, 0.5) is 5.69 Å². The van der Waals surface area contributed by atoms with Crippen LogP contribution in [0.25, 0.3) is 55.3 Å². The molecule has 0 bridgehead atoms. The van der Waals surface area contributed by atoms with E-state index in [9.17, 15) is 5.11 Å². The van der Waals surface area contributed by atoms with Crippen LogP contribution in [0.2, 0.25) is 0 Å². The SMILES string of the molecule is [C-]#[N+]c1ccc(-c2nc3c(-c4cccc(-c5ccccn5)c4)cccc3n2-c2ccccc2)c(O)c1. The van der Waals surface area contributed by atoms with E-state index in [-0.39, 0.29) is 5.75 Å². The van der Waals surface area contributed by atoms with Crippen LogP contribution >= 0.6 is 0 Å². The predicted octanol–water partition coefficient (Wildman–Crippen LogP) is 7.68. The summed E-state index contributed by atoms with van der Waals surface area (Å²) in [6.45, 7) is 7.27. The normalized spacial score (nSPS) is 10.9. The molecule has 0 aliphatic carbocycles. The zero-order valence-corrected chi connectivity index (χ0v) is 19.2. The third-order valence-corrected chi connectivity index (χ3v) is 6.19. The van der Waals surface area contributed by atoms with Crippen LogP contribution < -0.4 is 0 Å². The summed E-state index contributed by atoms with van der Waals surface area (Å²) >= 11 is 0. The second-order valence-corrected chi connectivity index (χ2v) is 8.39. The fourth-order valence-electron chi connectivity index (χ4n) is 4.51. The lowest BCUT2D eigenvalue weighted by atomic mass is 10.0. The molecule has 0 radical (unpaired) electrons. The molecule has 2 heterocycles.